The first-order valence-electron chi connectivity index (χ1n) is 9.34. The molecule has 2 N–H and O–H groups in total. The van der Waals surface area contributed by atoms with Gasteiger partial charge in [-0.2, -0.15) is 0 Å². The number of halogens is 1. The number of nitrogens with zero attached hydrogens (tertiary/aromatic N) is 2. The number of anilines is 1. The fourth-order valence-electron chi connectivity index (χ4n) is 3.27. The maximum atomic E-state index is 13.2. The zero-order valence-corrected chi connectivity index (χ0v) is 15.7. The summed E-state index contributed by atoms with van der Waals surface area (Å²) in [5, 5.41) is 2.85. The van der Waals surface area contributed by atoms with Crippen molar-refractivity contribution in [1.82, 2.24) is 14.9 Å². The molecule has 0 saturated carbocycles. The zero-order valence-electron chi connectivity index (χ0n) is 15.7. The van der Waals surface area contributed by atoms with Crippen molar-refractivity contribution in [3.05, 3.63) is 51.8 Å². The van der Waals surface area contributed by atoms with E-state index in [1.807, 2.05) is 17.9 Å². The lowest BCUT2D eigenvalue weighted by molar-refractivity contribution is -0.121. The second-order valence-corrected chi connectivity index (χ2v) is 6.65. The Labute approximate surface area is 157 Å². The molecule has 27 heavy (non-hydrogen) atoms. The van der Waals surface area contributed by atoms with Crippen LogP contribution in [0.3, 0.4) is 0 Å². The van der Waals surface area contributed by atoms with Crippen molar-refractivity contribution in [1.29, 1.82) is 0 Å². The molecule has 0 fully saturated rings. The SMILES string of the molecule is CCCCNC(=O)Cn1c2c([nH]c1=O)C=C(c1ccc(F)cc1)CN2CC. The lowest BCUT2D eigenvalue weighted by atomic mass is 10.0. The molecule has 0 radical (unpaired) electrons. The number of nitrogens with one attached hydrogen (secondary N) is 2. The Kier molecular flexibility index (Phi) is 5.78. The molecule has 144 valence electrons. The minimum absolute atomic E-state index is 0.00932. The van der Waals surface area contributed by atoms with Gasteiger partial charge in [0, 0.05) is 19.6 Å². The summed E-state index contributed by atoms with van der Waals surface area (Å²) >= 11 is 0. The Bertz CT molecular complexity index is 896. The topological polar surface area (TPSA) is 70.1 Å². The molecule has 0 saturated heterocycles. The fourth-order valence-corrected chi connectivity index (χ4v) is 3.27. The highest BCUT2D eigenvalue weighted by Gasteiger charge is 2.25. The molecule has 0 aliphatic carbocycles. The van der Waals surface area contributed by atoms with E-state index in [0.29, 0.717) is 25.3 Å². The van der Waals surface area contributed by atoms with Crippen molar-refractivity contribution in [3.63, 3.8) is 0 Å². The number of fused-ring (bicyclic) bond motifs is 1. The zero-order chi connectivity index (χ0) is 19.4. The standard InChI is InChI=1S/C20H25FN4O2/c1-3-5-10-22-18(26)13-25-19-17(23-20(25)27)11-15(12-24(19)4-2)14-6-8-16(21)9-7-14/h6-9,11H,3-5,10,12-13H2,1-2H3,(H,22,26)(H,23,27). The quantitative estimate of drug-likeness (QED) is 0.734. The normalized spacial score (nSPS) is 13.3. The van der Waals surface area contributed by atoms with Crippen molar-refractivity contribution in [3.8, 4) is 0 Å². The Balaban J connectivity index is 1.90. The molecular formula is C20H25FN4O2. The molecule has 2 heterocycles. The van der Waals surface area contributed by atoms with E-state index in [9.17, 15) is 14.0 Å². The van der Waals surface area contributed by atoms with Crippen LogP contribution in [0.25, 0.3) is 11.6 Å². The van der Waals surface area contributed by atoms with Crippen molar-refractivity contribution in [2.24, 2.45) is 0 Å². The van der Waals surface area contributed by atoms with Gasteiger partial charge in [0.15, 0.2) is 0 Å². The molecule has 0 atom stereocenters. The van der Waals surface area contributed by atoms with Gasteiger partial charge in [-0.15, -0.1) is 0 Å². The average Bonchev–Trinajstić information content (AvgIpc) is 2.97. The smallest absolute Gasteiger partial charge is 0.328 e. The van der Waals surface area contributed by atoms with Crippen LogP contribution in [-0.2, 0) is 11.3 Å². The molecular weight excluding hydrogens is 347 g/mol. The van der Waals surface area contributed by atoms with Gasteiger partial charge < -0.3 is 15.2 Å². The van der Waals surface area contributed by atoms with E-state index in [1.165, 1.54) is 16.7 Å². The lowest BCUT2D eigenvalue weighted by Gasteiger charge is -2.29. The first-order chi connectivity index (χ1) is 13.0. The molecule has 0 bridgehead atoms. The predicted octanol–water partition coefficient (Wildman–Crippen LogP) is 2.61. The van der Waals surface area contributed by atoms with Gasteiger partial charge in [0.2, 0.25) is 5.91 Å². The van der Waals surface area contributed by atoms with Crippen LogP contribution in [0.4, 0.5) is 10.2 Å². The number of imidazole rings is 1. The Morgan fingerprint density at radius 3 is 2.67 bits per heavy atom. The van der Waals surface area contributed by atoms with Crippen LogP contribution >= 0.6 is 0 Å². The number of aromatic nitrogens is 2. The van der Waals surface area contributed by atoms with E-state index in [0.717, 1.165) is 29.8 Å². The van der Waals surface area contributed by atoms with Gasteiger partial charge in [-0.1, -0.05) is 25.5 Å². The summed E-state index contributed by atoms with van der Waals surface area (Å²) in [5.74, 6) is 0.271. The third-order valence-corrected chi connectivity index (χ3v) is 4.71. The summed E-state index contributed by atoms with van der Waals surface area (Å²) in [6.07, 6.45) is 3.82. The molecule has 0 spiro atoms. The Morgan fingerprint density at radius 1 is 1.26 bits per heavy atom. The largest absolute Gasteiger partial charge is 0.355 e. The fraction of sp³-hybridized carbons (Fsp3) is 0.400. The van der Waals surface area contributed by atoms with Gasteiger partial charge in [0.05, 0.1) is 5.69 Å². The third kappa shape index (κ3) is 4.13. The first kappa shape index (κ1) is 18.9. The maximum Gasteiger partial charge on any atom is 0.328 e. The highest BCUT2D eigenvalue weighted by molar-refractivity contribution is 5.89. The van der Waals surface area contributed by atoms with E-state index in [-0.39, 0.29) is 24.0 Å². The highest BCUT2D eigenvalue weighted by atomic mass is 19.1. The maximum absolute atomic E-state index is 13.2. The molecule has 2 aromatic rings. The van der Waals surface area contributed by atoms with Gasteiger partial charge >= 0.3 is 5.69 Å². The molecule has 3 rings (SSSR count). The van der Waals surface area contributed by atoms with Crippen LogP contribution in [0.5, 0.6) is 0 Å². The Hall–Kier alpha value is -2.83. The summed E-state index contributed by atoms with van der Waals surface area (Å²) < 4.78 is 14.7. The number of rotatable bonds is 7. The molecule has 1 aromatic carbocycles. The van der Waals surface area contributed by atoms with Crippen LogP contribution in [-0.4, -0.2) is 35.1 Å². The number of benzene rings is 1. The second kappa shape index (κ2) is 8.24. The predicted molar refractivity (Wildman–Crippen MR) is 105 cm³/mol. The van der Waals surface area contributed by atoms with Crippen LogP contribution in [0, 0.1) is 5.82 Å². The summed E-state index contributed by atoms with van der Waals surface area (Å²) in [5.41, 5.74) is 2.27. The first-order valence-corrected chi connectivity index (χ1v) is 9.34. The van der Waals surface area contributed by atoms with Gasteiger partial charge in [-0.25, -0.2) is 9.18 Å². The minimum Gasteiger partial charge on any atom is -0.355 e. The monoisotopic (exact) mass is 372 g/mol. The average molecular weight is 372 g/mol. The molecule has 1 aromatic heterocycles. The summed E-state index contributed by atoms with van der Waals surface area (Å²) in [6.45, 7) is 5.93. The van der Waals surface area contributed by atoms with Gasteiger partial charge in [0.1, 0.15) is 18.2 Å². The van der Waals surface area contributed by atoms with Crippen LogP contribution < -0.4 is 15.9 Å². The minimum atomic E-state index is -0.305. The number of carbonyl (C=O) groups is 1. The number of aromatic amines is 1. The van der Waals surface area contributed by atoms with Gasteiger partial charge in [-0.05, 0) is 42.7 Å². The van der Waals surface area contributed by atoms with Crippen LogP contribution in [0.2, 0.25) is 0 Å². The van der Waals surface area contributed by atoms with E-state index < -0.39 is 0 Å². The number of hydrogen-bond donors (Lipinski definition) is 2. The molecule has 0 unspecified atom stereocenters. The summed E-state index contributed by atoms with van der Waals surface area (Å²) in [4.78, 5) is 29.5. The number of hydrogen-bond acceptors (Lipinski definition) is 3. The van der Waals surface area contributed by atoms with Crippen molar-refractivity contribution in [2.75, 3.05) is 24.5 Å². The summed E-state index contributed by atoms with van der Waals surface area (Å²) in [6, 6.07) is 6.32. The van der Waals surface area contributed by atoms with E-state index in [1.54, 1.807) is 12.1 Å². The van der Waals surface area contributed by atoms with Crippen LogP contribution in [0.15, 0.2) is 29.1 Å². The van der Waals surface area contributed by atoms with Crippen LogP contribution in [0.1, 0.15) is 37.9 Å². The molecule has 6 nitrogen and oxygen atoms in total. The van der Waals surface area contributed by atoms with Crippen molar-refractivity contribution >= 4 is 23.4 Å². The van der Waals surface area contributed by atoms with Crippen molar-refractivity contribution in [2.45, 2.75) is 33.2 Å². The van der Waals surface area contributed by atoms with Gasteiger partial charge in [0.25, 0.3) is 0 Å². The van der Waals surface area contributed by atoms with Crippen molar-refractivity contribution < 1.29 is 9.18 Å². The number of amides is 1. The van der Waals surface area contributed by atoms with E-state index in [2.05, 4.69) is 17.2 Å². The van der Waals surface area contributed by atoms with E-state index in [4.69, 9.17) is 0 Å². The number of unbranched alkanes of at least 4 members (excludes halogenated alkanes) is 1. The van der Waals surface area contributed by atoms with E-state index >= 15 is 0 Å². The second-order valence-electron chi connectivity index (χ2n) is 6.65. The Morgan fingerprint density at radius 2 is 2.00 bits per heavy atom. The molecule has 1 aliphatic heterocycles. The highest BCUT2D eigenvalue weighted by Crippen LogP contribution is 2.31. The van der Waals surface area contributed by atoms with Gasteiger partial charge in [-0.3, -0.25) is 9.36 Å². The molecule has 1 aliphatic rings. The number of carbonyl (C=O) groups excluding carboxylic acids is 1. The number of H-pyrrole nitrogens is 1. The number of likely N-dealkylation sites (N-methyl/N-ethyl adjacent to an activating group) is 1. The summed E-state index contributed by atoms with van der Waals surface area (Å²) in [7, 11) is 0. The lowest BCUT2D eigenvalue weighted by Crippen LogP contribution is -2.36. The molecule has 1 amide bonds. The molecule has 7 heteroatoms. The third-order valence-electron chi connectivity index (χ3n) is 4.71.